The van der Waals surface area contributed by atoms with E-state index in [2.05, 4.69) is 20.4 Å². The molecule has 3 saturated heterocycles. The average molecular weight is 383 g/mol. The van der Waals surface area contributed by atoms with E-state index in [1.54, 1.807) is 0 Å². The van der Waals surface area contributed by atoms with Gasteiger partial charge in [-0.05, 0) is 44.6 Å². The molecule has 3 fully saturated rings. The highest BCUT2D eigenvalue weighted by Crippen LogP contribution is 2.43. The topological polar surface area (TPSA) is 68.2 Å². The molecule has 3 heterocycles. The Labute approximate surface area is 164 Å². The van der Waals surface area contributed by atoms with Crippen molar-refractivity contribution < 1.29 is 24.4 Å². The van der Waals surface area contributed by atoms with Crippen LogP contribution in [0, 0.1) is 0 Å². The average Bonchev–Trinajstić information content (AvgIpc) is 2.78. The van der Waals surface area contributed by atoms with Gasteiger partial charge in [0, 0.05) is 12.8 Å². The van der Waals surface area contributed by atoms with Crippen LogP contribution < -0.4 is 0 Å². The van der Waals surface area contributed by atoms with Crippen molar-refractivity contribution in [2.45, 2.75) is 120 Å². The molecule has 0 bridgehead atoms. The SMILES string of the molecule is C=C(CO)C[C@@H]1C[C@H](O)[C@@H]2O[C@]3(C)CCC[C@@H](CCCCC)O[C@H]3C[C@H]2O1. The van der Waals surface area contributed by atoms with Crippen LogP contribution in [0.15, 0.2) is 12.2 Å². The minimum absolute atomic E-state index is 0.0138. The summed E-state index contributed by atoms with van der Waals surface area (Å²) in [4.78, 5) is 0. The predicted molar refractivity (Wildman–Crippen MR) is 105 cm³/mol. The first-order valence-corrected chi connectivity index (χ1v) is 10.9. The third-order valence-corrected chi connectivity index (χ3v) is 6.58. The van der Waals surface area contributed by atoms with E-state index in [1.807, 2.05) is 0 Å². The summed E-state index contributed by atoms with van der Waals surface area (Å²) in [6, 6.07) is 0. The lowest BCUT2D eigenvalue weighted by Crippen LogP contribution is -2.62. The van der Waals surface area contributed by atoms with Crippen LogP contribution in [0.25, 0.3) is 0 Å². The van der Waals surface area contributed by atoms with Gasteiger partial charge in [-0.2, -0.15) is 0 Å². The number of rotatable bonds is 7. The van der Waals surface area contributed by atoms with Gasteiger partial charge in [-0.25, -0.2) is 0 Å². The van der Waals surface area contributed by atoms with Crippen molar-refractivity contribution in [3.05, 3.63) is 12.2 Å². The number of ether oxygens (including phenoxy) is 3. The van der Waals surface area contributed by atoms with Gasteiger partial charge in [0.2, 0.25) is 0 Å². The van der Waals surface area contributed by atoms with E-state index in [-0.39, 0.29) is 36.6 Å². The second-order valence-corrected chi connectivity index (χ2v) is 8.98. The molecule has 5 heteroatoms. The van der Waals surface area contributed by atoms with Gasteiger partial charge < -0.3 is 24.4 Å². The lowest BCUT2D eigenvalue weighted by atomic mass is 9.81. The van der Waals surface area contributed by atoms with E-state index in [4.69, 9.17) is 14.2 Å². The molecule has 0 spiro atoms. The summed E-state index contributed by atoms with van der Waals surface area (Å²) in [7, 11) is 0. The van der Waals surface area contributed by atoms with Gasteiger partial charge in [0.1, 0.15) is 6.10 Å². The molecule has 7 atom stereocenters. The van der Waals surface area contributed by atoms with Crippen LogP contribution in [-0.4, -0.2) is 59.0 Å². The van der Waals surface area contributed by atoms with E-state index in [0.717, 1.165) is 37.7 Å². The van der Waals surface area contributed by atoms with Crippen molar-refractivity contribution in [3.8, 4) is 0 Å². The molecular weight excluding hydrogens is 344 g/mol. The van der Waals surface area contributed by atoms with Crippen LogP contribution in [-0.2, 0) is 14.2 Å². The van der Waals surface area contributed by atoms with Crippen LogP contribution in [0.3, 0.4) is 0 Å². The number of aliphatic hydroxyl groups is 2. The van der Waals surface area contributed by atoms with Crippen molar-refractivity contribution in [2.24, 2.45) is 0 Å². The highest BCUT2D eigenvalue weighted by atomic mass is 16.6. The van der Waals surface area contributed by atoms with Gasteiger partial charge in [0.25, 0.3) is 0 Å². The molecule has 0 unspecified atom stereocenters. The Bertz CT molecular complexity index is 495. The second-order valence-electron chi connectivity index (χ2n) is 8.98. The maximum absolute atomic E-state index is 10.7. The smallest absolute Gasteiger partial charge is 0.111 e. The zero-order chi connectivity index (χ0) is 19.4. The van der Waals surface area contributed by atoms with Gasteiger partial charge in [-0.1, -0.05) is 32.8 Å². The van der Waals surface area contributed by atoms with Gasteiger partial charge in [-0.3, -0.25) is 0 Å². The predicted octanol–water partition coefficient (Wildman–Crippen LogP) is 3.51. The molecule has 2 N–H and O–H groups in total. The Morgan fingerprint density at radius 1 is 1.19 bits per heavy atom. The van der Waals surface area contributed by atoms with Crippen molar-refractivity contribution in [2.75, 3.05) is 6.61 Å². The summed E-state index contributed by atoms with van der Waals surface area (Å²) in [5, 5.41) is 19.9. The third kappa shape index (κ3) is 5.13. The van der Waals surface area contributed by atoms with Gasteiger partial charge in [-0.15, -0.1) is 0 Å². The molecule has 0 radical (unpaired) electrons. The molecule has 0 aromatic heterocycles. The number of aliphatic hydroxyl groups excluding tert-OH is 2. The molecule has 3 rings (SSSR count). The molecular formula is C22H38O5. The van der Waals surface area contributed by atoms with Crippen LogP contribution >= 0.6 is 0 Å². The summed E-state index contributed by atoms with van der Waals surface area (Å²) >= 11 is 0. The Kier molecular flexibility index (Phi) is 7.37. The lowest BCUT2D eigenvalue weighted by molar-refractivity contribution is -0.290. The fourth-order valence-electron chi connectivity index (χ4n) is 4.98. The van der Waals surface area contributed by atoms with E-state index in [0.29, 0.717) is 18.9 Å². The Balaban J connectivity index is 1.65. The highest BCUT2D eigenvalue weighted by Gasteiger charge is 2.52. The second kappa shape index (κ2) is 9.36. The standard InChI is InChI=1S/C22H38O5/c1-4-5-6-8-16-9-7-10-22(3)20(26-16)13-19-21(27-22)18(24)12-17(25-19)11-15(2)14-23/h16-21,23-24H,2,4-14H2,1,3H3/t16-,17-,18+,19-,20+,21+,22-/m1/s1. The van der Waals surface area contributed by atoms with E-state index in [9.17, 15) is 10.2 Å². The van der Waals surface area contributed by atoms with Crippen molar-refractivity contribution in [1.29, 1.82) is 0 Å². The maximum Gasteiger partial charge on any atom is 0.111 e. The number of hydrogen-bond donors (Lipinski definition) is 2. The van der Waals surface area contributed by atoms with Crippen molar-refractivity contribution >= 4 is 0 Å². The fraction of sp³-hybridized carbons (Fsp3) is 0.909. The molecule has 3 aliphatic heterocycles. The first kappa shape index (κ1) is 21.3. The van der Waals surface area contributed by atoms with Gasteiger partial charge in [0.15, 0.2) is 0 Å². The van der Waals surface area contributed by atoms with Crippen LogP contribution in [0.5, 0.6) is 0 Å². The minimum Gasteiger partial charge on any atom is -0.392 e. The molecule has 156 valence electrons. The minimum atomic E-state index is -0.540. The Hall–Kier alpha value is -0.460. The molecule has 0 aliphatic carbocycles. The number of fused-ring (bicyclic) bond motifs is 2. The summed E-state index contributed by atoms with van der Waals surface area (Å²) in [5.74, 6) is 0. The molecule has 3 aliphatic rings. The Morgan fingerprint density at radius 3 is 2.74 bits per heavy atom. The van der Waals surface area contributed by atoms with Crippen LogP contribution in [0.2, 0.25) is 0 Å². The summed E-state index contributed by atoms with van der Waals surface area (Å²) < 4.78 is 19.3. The fourth-order valence-corrected chi connectivity index (χ4v) is 4.98. The molecule has 0 aromatic rings. The largest absolute Gasteiger partial charge is 0.392 e. The summed E-state index contributed by atoms with van der Waals surface area (Å²) in [6.07, 6.45) is 9.12. The van der Waals surface area contributed by atoms with Gasteiger partial charge >= 0.3 is 0 Å². The normalized spacial score (nSPS) is 42.1. The first-order chi connectivity index (χ1) is 12.9. The quantitative estimate of drug-likeness (QED) is 0.521. The number of hydrogen-bond acceptors (Lipinski definition) is 5. The zero-order valence-electron chi connectivity index (χ0n) is 17.1. The zero-order valence-corrected chi connectivity index (χ0v) is 17.1. The first-order valence-electron chi connectivity index (χ1n) is 10.9. The monoisotopic (exact) mass is 382 g/mol. The van der Waals surface area contributed by atoms with Gasteiger partial charge in [0.05, 0.1) is 42.7 Å². The molecule has 0 aromatic carbocycles. The van der Waals surface area contributed by atoms with E-state index < -0.39 is 6.10 Å². The van der Waals surface area contributed by atoms with Crippen LogP contribution in [0.4, 0.5) is 0 Å². The molecule has 5 nitrogen and oxygen atoms in total. The molecule has 27 heavy (non-hydrogen) atoms. The van der Waals surface area contributed by atoms with Crippen molar-refractivity contribution in [1.82, 2.24) is 0 Å². The van der Waals surface area contributed by atoms with E-state index >= 15 is 0 Å². The summed E-state index contributed by atoms with van der Waals surface area (Å²) in [6.45, 7) is 8.20. The lowest BCUT2D eigenvalue weighted by Gasteiger charge is -2.51. The van der Waals surface area contributed by atoms with Crippen molar-refractivity contribution in [3.63, 3.8) is 0 Å². The molecule has 0 amide bonds. The number of unbranched alkanes of at least 4 members (excludes halogenated alkanes) is 2. The maximum atomic E-state index is 10.7. The Morgan fingerprint density at radius 2 is 2.00 bits per heavy atom. The summed E-state index contributed by atoms with van der Waals surface area (Å²) in [5.41, 5.74) is 0.404. The van der Waals surface area contributed by atoms with Crippen LogP contribution in [0.1, 0.15) is 78.1 Å². The van der Waals surface area contributed by atoms with E-state index in [1.165, 1.54) is 19.3 Å². The third-order valence-electron chi connectivity index (χ3n) is 6.58. The molecule has 0 saturated carbocycles. The highest BCUT2D eigenvalue weighted by molar-refractivity contribution is 5.04.